The van der Waals surface area contributed by atoms with E-state index < -0.39 is 29.6 Å². The Balaban J connectivity index is 1.73. The van der Waals surface area contributed by atoms with Crippen LogP contribution in [0.2, 0.25) is 0 Å². The van der Waals surface area contributed by atoms with Gasteiger partial charge in [-0.2, -0.15) is 0 Å². The van der Waals surface area contributed by atoms with E-state index in [0.717, 1.165) is 17.8 Å². The van der Waals surface area contributed by atoms with Crippen molar-refractivity contribution in [1.82, 2.24) is 10.2 Å². The van der Waals surface area contributed by atoms with Crippen LogP contribution in [0.15, 0.2) is 48.5 Å². The number of nitrogens with zero attached hydrogens (tertiary/aromatic N) is 2. The number of hydrogen-bond donors (Lipinski definition) is 3. The normalized spacial score (nSPS) is 15.2. The van der Waals surface area contributed by atoms with Gasteiger partial charge in [0.1, 0.15) is 11.6 Å². The second-order valence-electron chi connectivity index (χ2n) is 10.6. The highest BCUT2D eigenvalue weighted by molar-refractivity contribution is 5.97. The fraction of sp³-hybridized carbons (Fsp3) is 0.429. The summed E-state index contributed by atoms with van der Waals surface area (Å²) >= 11 is 0. The molecule has 1 heterocycles. The van der Waals surface area contributed by atoms with Crippen LogP contribution in [0, 0.1) is 0 Å². The van der Waals surface area contributed by atoms with Crippen molar-refractivity contribution < 1.29 is 29.0 Å². The summed E-state index contributed by atoms with van der Waals surface area (Å²) in [6, 6.07) is 12.4. The molecule has 10 heteroatoms. The molecule has 0 aliphatic carbocycles. The number of alkyl carbamates (subject to hydrolysis) is 1. The molecule has 0 radical (unpaired) electrons. The van der Waals surface area contributed by atoms with E-state index in [1.165, 1.54) is 24.3 Å². The van der Waals surface area contributed by atoms with Crippen LogP contribution in [0.4, 0.5) is 16.2 Å². The van der Waals surface area contributed by atoms with Crippen LogP contribution in [-0.4, -0.2) is 71.2 Å². The number of hydrogen-bond acceptors (Lipinski definition) is 6. The number of carboxylic acid groups (broad SMARTS) is 1. The molecule has 0 saturated carbocycles. The fourth-order valence-electron chi connectivity index (χ4n) is 4.04. The molecule has 1 saturated heterocycles. The third kappa shape index (κ3) is 8.04. The van der Waals surface area contributed by atoms with Gasteiger partial charge in [0.25, 0.3) is 0 Å². The summed E-state index contributed by atoms with van der Waals surface area (Å²) in [6.07, 6.45) is -0.558. The molecule has 38 heavy (non-hydrogen) atoms. The van der Waals surface area contributed by atoms with E-state index in [2.05, 4.69) is 29.4 Å². The minimum atomic E-state index is -1.07. The number of piperazine rings is 1. The maximum atomic E-state index is 13.1. The minimum Gasteiger partial charge on any atom is -0.478 e. The number of ether oxygens (including phenoxy) is 1. The van der Waals surface area contributed by atoms with Gasteiger partial charge in [0.05, 0.1) is 12.1 Å². The van der Waals surface area contributed by atoms with Crippen LogP contribution < -0.4 is 15.5 Å². The molecule has 3 amide bonds. The van der Waals surface area contributed by atoms with Gasteiger partial charge in [-0.25, -0.2) is 9.59 Å². The first kappa shape index (κ1) is 28.6. The number of rotatable bonds is 8. The number of amides is 3. The van der Waals surface area contributed by atoms with Crippen molar-refractivity contribution in [2.24, 2.45) is 0 Å². The maximum Gasteiger partial charge on any atom is 0.408 e. The number of anilines is 2. The molecule has 204 valence electrons. The van der Waals surface area contributed by atoms with Crippen LogP contribution in [0.1, 0.15) is 50.5 Å². The maximum absolute atomic E-state index is 13.1. The molecule has 1 aliphatic heterocycles. The van der Waals surface area contributed by atoms with Crippen molar-refractivity contribution >= 4 is 35.3 Å². The molecule has 3 rings (SSSR count). The number of carbonyl (C=O) groups is 4. The molecule has 10 nitrogen and oxygen atoms in total. The Morgan fingerprint density at radius 1 is 1.00 bits per heavy atom. The zero-order valence-electron chi connectivity index (χ0n) is 22.5. The van der Waals surface area contributed by atoms with Crippen LogP contribution in [0.5, 0.6) is 0 Å². The van der Waals surface area contributed by atoms with E-state index in [4.69, 9.17) is 9.84 Å². The lowest BCUT2D eigenvalue weighted by Gasteiger charge is -2.36. The minimum absolute atomic E-state index is 0.0375. The van der Waals surface area contributed by atoms with Crippen molar-refractivity contribution in [2.75, 3.05) is 29.9 Å². The van der Waals surface area contributed by atoms with Crippen molar-refractivity contribution in [3.63, 3.8) is 0 Å². The predicted octanol–water partition coefficient (Wildman–Crippen LogP) is 3.52. The molecule has 2 aromatic carbocycles. The largest absolute Gasteiger partial charge is 0.478 e. The van der Waals surface area contributed by atoms with Gasteiger partial charge >= 0.3 is 12.1 Å². The summed E-state index contributed by atoms with van der Waals surface area (Å²) in [5, 5.41) is 14.4. The molecule has 1 atom stereocenters. The van der Waals surface area contributed by atoms with Gasteiger partial charge in [-0.3, -0.25) is 14.5 Å². The molecule has 0 bridgehead atoms. The van der Waals surface area contributed by atoms with Crippen molar-refractivity contribution in [3.05, 3.63) is 59.7 Å². The highest BCUT2D eigenvalue weighted by Crippen LogP contribution is 2.20. The van der Waals surface area contributed by atoms with Crippen molar-refractivity contribution in [3.8, 4) is 0 Å². The molecule has 3 N–H and O–H groups in total. The number of benzene rings is 2. The average molecular weight is 525 g/mol. The Hall–Kier alpha value is -3.92. The van der Waals surface area contributed by atoms with Gasteiger partial charge in [-0.05, 0) is 76.6 Å². The second kappa shape index (κ2) is 12.1. The first-order chi connectivity index (χ1) is 17.8. The van der Waals surface area contributed by atoms with Gasteiger partial charge < -0.3 is 25.4 Å². The van der Waals surface area contributed by atoms with E-state index in [-0.39, 0.29) is 17.9 Å². The molecule has 1 aliphatic rings. The predicted molar refractivity (Wildman–Crippen MR) is 144 cm³/mol. The summed E-state index contributed by atoms with van der Waals surface area (Å²) in [5.41, 5.74) is 1.30. The number of carboxylic acids is 1. The lowest BCUT2D eigenvalue weighted by atomic mass is 10.0. The lowest BCUT2D eigenvalue weighted by Crippen LogP contribution is -2.52. The first-order valence-corrected chi connectivity index (χ1v) is 12.6. The number of aromatic carboxylic acids is 1. The summed E-state index contributed by atoms with van der Waals surface area (Å²) in [4.78, 5) is 53.3. The van der Waals surface area contributed by atoms with Crippen LogP contribution >= 0.6 is 0 Å². The third-order valence-corrected chi connectivity index (χ3v) is 6.08. The highest BCUT2D eigenvalue weighted by Gasteiger charge is 2.27. The fourth-order valence-corrected chi connectivity index (χ4v) is 4.04. The van der Waals surface area contributed by atoms with E-state index in [9.17, 15) is 19.2 Å². The molecule has 1 unspecified atom stereocenters. The van der Waals surface area contributed by atoms with E-state index >= 15 is 0 Å². The van der Waals surface area contributed by atoms with Gasteiger partial charge in [0, 0.05) is 36.9 Å². The Bertz CT molecular complexity index is 1160. The van der Waals surface area contributed by atoms with E-state index in [1.54, 1.807) is 25.7 Å². The molecule has 2 aromatic rings. The molecule has 1 fully saturated rings. The Morgan fingerprint density at radius 2 is 1.63 bits per heavy atom. The topological polar surface area (TPSA) is 128 Å². The zero-order chi connectivity index (χ0) is 28.0. The molecule has 0 spiro atoms. The second-order valence-corrected chi connectivity index (χ2v) is 10.6. The van der Waals surface area contributed by atoms with Crippen molar-refractivity contribution in [2.45, 2.75) is 58.7 Å². The first-order valence-electron chi connectivity index (χ1n) is 12.6. The SMILES string of the molecule is CC(C)N1CCN(c2ccc(CC(NC(=O)OC(C)(C)C)C(=O)Nc3ccc(C(=O)O)cc3)cc2)C(=O)C1. The average Bonchev–Trinajstić information content (AvgIpc) is 2.83. The molecule has 0 aromatic heterocycles. The van der Waals surface area contributed by atoms with Gasteiger partial charge in [-0.15, -0.1) is 0 Å². The third-order valence-electron chi connectivity index (χ3n) is 6.08. The zero-order valence-corrected chi connectivity index (χ0v) is 22.5. The Labute approximate surface area is 222 Å². The number of carbonyl (C=O) groups excluding carboxylic acids is 3. The van der Waals surface area contributed by atoms with Gasteiger partial charge in [-0.1, -0.05) is 12.1 Å². The van der Waals surface area contributed by atoms with Gasteiger partial charge in [0.2, 0.25) is 11.8 Å². The Kier molecular flexibility index (Phi) is 9.11. The summed E-state index contributed by atoms with van der Waals surface area (Å²) < 4.78 is 5.34. The van der Waals surface area contributed by atoms with Crippen molar-refractivity contribution in [1.29, 1.82) is 0 Å². The van der Waals surface area contributed by atoms with Gasteiger partial charge in [0.15, 0.2) is 0 Å². The van der Waals surface area contributed by atoms with E-state index in [1.807, 2.05) is 24.3 Å². The quantitative estimate of drug-likeness (QED) is 0.482. The molecular weight excluding hydrogens is 488 g/mol. The Morgan fingerprint density at radius 3 is 2.16 bits per heavy atom. The summed E-state index contributed by atoms with van der Waals surface area (Å²) in [6.45, 7) is 11.1. The summed E-state index contributed by atoms with van der Waals surface area (Å²) in [7, 11) is 0. The van der Waals surface area contributed by atoms with Crippen LogP contribution in [0.3, 0.4) is 0 Å². The monoisotopic (exact) mass is 524 g/mol. The smallest absolute Gasteiger partial charge is 0.408 e. The molecular formula is C28H36N4O6. The highest BCUT2D eigenvalue weighted by atomic mass is 16.6. The standard InChI is InChI=1S/C28H36N4O6/c1-18(2)31-14-15-32(24(33)17-31)22-12-6-19(7-13-22)16-23(30-27(37)38-28(3,4)5)25(34)29-21-10-8-20(9-11-21)26(35)36/h6-13,18,23H,14-17H2,1-5H3,(H,29,34)(H,30,37)(H,35,36). The number of nitrogens with one attached hydrogen (secondary N) is 2. The lowest BCUT2D eigenvalue weighted by molar-refractivity contribution is -0.121. The van der Waals surface area contributed by atoms with Crippen LogP contribution in [-0.2, 0) is 20.7 Å². The van der Waals surface area contributed by atoms with E-state index in [0.29, 0.717) is 24.8 Å². The summed E-state index contributed by atoms with van der Waals surface area (Å²) in [5.74, 6) is -1.52. The van der Waals surface area contributed by atoms with Crippen LogP contribution in [0.25, 0.3) is 0 Å².